The molecule has 0 radical (unpaired) electrons. The number of rotatable bonds is 1. The highest BCUT2D eigenvalue weighted by Crippen LogP contribution is 2.33. The number of benzene rings is 1. The maximum absolute atomic E-state index is 6.27. The summed E-state index contributed by atoms with van der Waals surface area (Å²) in [5, 5.41) is 0. The molecule has 0 spiro atoms. The van der Waals surface area contributed by atoms with E-state index in [4.69, 9.17) is 10.7 Å². The molecule has 0 saturated carbocycles. The van der Waals surface area contributed by atoms with Crippen LogP contribution in [0.25, 0.3) is 11.3 Å². The third-order valence-corrected chi connectivity index (χ3v) is 4.51. The minimum Gasteiger partial charge on any atom is -0.330 e. The van der Waals surface area contributed by atoms with E-state index in [2.05, 4.69) is 50.5 Å². The highest BCUT2D eigenvalue weighted by molar-refractivity contribution is 5.64. The number of fused-ring (bicyclic) bond motifs is 1. The summed E-state index contributed by atoms with van der Waals surface area (Å²) < 4.78 is 2.31. The van der Waals surface area contributed by atoms with Crippen molar-refractivity contribution in [2.75, 3.05) is 0 Å². The van der Waals surface area contributed by atoms with Crippen molar-refractivity contribution >= 4 is 0 Å². The number of hydrogen-bond donors (Lipinski definition) is 1. The van der Waals surface area contributed by atoms with Gasteiger partial charge in [-0.15, -0.1) is 0 Å². The van der Waals surface area contributed by atoms with Gasteiger partial charge in [0.05, 0.1) is 11.7 Å². The maximum atomic E-state index is 6.27. The van der Waals surface area contributed by atoms with E-state index >= 15 is 0 Å². The van der Waals surface area contributed by atoms with E-state index in [9.17, 15) is 0 Å². The fourth-order valence-electron chi connectivity index (χ4n) is 3.16. The Balaban J connectivity index is 2.11. The van der Waals surface area contributed by atoms with Crippen LogP contribution in [0, 0.1) is 26.7 Å². The Hall–Kier alpha value is -1.61. The molecule has 0 amide bonds. The average molecular weight is 269 g/mol. The van der Waals surface area contributed by atoms with Gasteiger partial charge in [-0.2, -0.15) is 0 Å². The van der Waals surface area contributed by atoms with Crippen LogP contribution in [0.4, 0.5) is 0 Å². The van der Waals surface area contributed by atoms with E-state index in [0.717, 1.165) is 24.5 Å². The quantitative estimate of drug-likeness (QED) is 0.861. The van der Waals surface area contributed by atoms with Gasteiger partial charge in [0.15, 0.2) is 0 Å². The number of nitrogens with two attached hydrogens (primary N) is 1. The lowest BCUT2D eigenvalue weighted by molar-refractivity contribution is 0.343. The van der Waals surface area contributed by atoms with Crippen molar-refractivity contribution in [3.8, 4) is 11.3 Å². The van der Waals surface area contributed by atoms with Crippen LogP contribution in [-0.4, -0.2) is 9.55 Å². The normalized spacial score (nSPS) is 21.9. The Morgan fingerprint density at radius 1 is 1.20 bits per heavy atom. The van der Waals surface area contributed by atoms with Gasteiger partial charge in [-0.05, 0) is 50.3 Å². The van der Waals surface area contributed by atoms with Gasteiger partial charge >= 0.3 is 0 Å². The average Bonchev–Trinajstić information content (AvgIpc) is 2.71. The minimum absolute atomic E-state index is 0.0674. The number of aromatic nitrogens is 2. The molecule has 0 fully saturated rings. The SMILES string of the molecule is Cc1ccc(-c2nc3n(c2C)CC(C)CC3N)cc1C. The number of nitrogens with zero attached hydrogens (tertiary/aromatic N) is 2. The highest BCUT2D eigenvalue weighted by atomic mass is 15.1. The summed E-state index contributed by atoms with van der Waals surface area (Å²) in [6, 6.07) is 6.63. The fraction of sp³-hybridized carbons (Fsp3) is 0.471. The summed E-state index contributed by atoms with van der Waals surface area (Å²) in [5.74, 6) is 1.67. The number of imidazole rings is 1. The first kappa shape index (κ1) is 13.4. The molecule has 1 aromatic heterocycles. The van der Waals surface area contributed by atoms with Gasteiger partial charge < -0.3 is 10.3 Å². The topological polar surface area (TPSA) is 43.8 Å². The molecule has 2 heterocycles. The molecule has 0 aliphatic carbocycles. The minimum atomic E-state index is 0.0674. The standard InChI is InChI=1S/C17H23N3/c1-10-7-15(18)17-19-16(13(4)20(17)9-10)14-6-5-11(2)12(3)8-14/h5-6,8,10,15H,7,9,18H2,1-4H3. The summed E-state index contributed by atoms with van der Waals surface area (Å²) in [6.45, 7) is 9.75. The van der Waals surface area contributed by atoms with Crippen LogP contribution < -0.4 is 5.73 Å². The molecule has 20 heavy (non-hydrogen) atoms. The molecule has 3 nitrogen and oxygen atoms in total. The zero-order chi connectivity index (χ0) is 14.4. The second kappa shape index (κ2) is 4.74. The molecule has 2 unspecified atom stereocenters. The molecule has 1 aromatic carbocycles. The Bertz CT molecular complexity index is 654. The summed E-state index contributed by atoms with van der Waals surface area (Å²) in [6.07, 6.45) is 1.03. The lowest BCUT2D eigenvalue weighted by Crippen LogP contribution is -2.27. The highest BCUT2D eigenvalue weighted by Gasteiger charge is 2.26. The summed E-state index contributed by atoms with van der Waals surface area (Å²) in [5.41, 5.74) is 12.4. The van der Waals surface area contributed by atoms with Crippen molar-refractivity contribution in [2.45, 2.75) is 46.7 Å². The van der Waals surface area contributed by atoms with Crippen molar-refractivity contribution in [3.05, 3.63) is 40.8 Å². The molecule has 1 aliphatic heterocycles. The fourth-order valence-corrected chi connectivity index (χ4v) is 3.16. The molecule has 2 N–H and O–H groups in total. The lowest BCUT2D eigenvalue weighted by Gasteiger charge is -2.26. The first-order valence-electron chi connectivity index (χ1n) is 7.37. The van der Waals surface area contributed by atoms with E-state index in [1.165, 1.54) is 22.4 Å². The van der Waals surface area contributed by atoms with Gasteiger partial charge in [-0.25, -0.2) is 4.98 Å². The van der Waals surface area contributed by atoms with Crippen LogP contribution in [-0.2, 0) is 6.54 Å². The molecule has 2 aromatic rings. The molecular formula is C17H23N3. The van der Waals surface area contributed by atoms with E-state index in [0.29, 0.717) is 5.92 Å². The molecular weight excluding hydrogens is 246 g/mol. The molecule has 3 heteroatoms. The third-order valence-electron chi connectivity index (χ3n) is 4.51. The van der Waals surface area contributed by atoms with Gasteiger partial charge in [-0.1, -0.05) is 19.1 Å². The van der Waals surface area contributed by atoms with Crippen molar-refractivity contribution < 1.29 is 0 Å². The Morgan fingerprint density at radius 2 is 1.95 bits per heavy atom. The van der Waals surface area contributed by atoms with Crippen LogP contribution in [0.2, 0.25) is 0 Å². The summed E-state index contributed by atoms with van der Waals surface area (Å²) >= 11 is 0. The van der Waals surface area contributed by atoms with Crippen molar-refractivity contribution in [2.24, 2.45) is 11.7 Å². The lowest BCUT2D eigenvalue weighted by atomic mass is 9.98. The van der Waals surface area contributed by atoms with Crippen molar-refractivity contribution in [3.63, 3.8) is 0 Å². The zero-order valence-electron chi connectivity index (χ0n) is 12.8. The van der Waals surface area contributed by atoms with Crippen LogP contribution in [0.1, 0.15) is 42.0 Å². The van der Waals surface area contributed by atoms with E-state index in [1.54, 1.807) is 0 Å². The smallest absolute Gasteiger partial charge is 0.126 e. The van der Waals surface area contributed by atoms with Crippen LogP contribution in [0.15, 0.2) is 18.2 Å². The largest absolute Gasteiger partial charge is 0.330 e. The molecule has 3 rings (SSSR count). The van der Waals surface area contributed by atoms with Crippen molar-refractivity contribution in [1.29, 1.82) is 0 Å². The molecule has 2 atom stereocenters. The predicted molar refractivity (Wildman–Crippen MR) is 82.6 cm³/mol. The first-order valence-corrected chi connectivity index (χ1v) is 7.37. The summed E-state index contributed by atoms with van der Waals surface area (Å²) in [7, 11) is 0. The van der Waals surface area contributed by atoms with Gasteiger partial charge in [-0.3, -0.25) is 0 Å². The Labute approximate surface area is 120 Å². The number of aryl methyl sites for hydroxylation is 2. The first-order chi connectivity index (χ1) is 9.47. The molecule has 1 aliphatic rings. The monoisotopic (exact) mass is 269 g/mol. The third kappa shape index (κ3) is 2.06. The second-order valence-corrected chi connectivity index (χ2v) is 6.26. The zero-order valence-corrected chi connectivity index (χ0v) is 12.8. The molecule has 106 valence electrons. The Kier molecular flexibility index (Phi) is 3.17. The van der Waals surface area contributed by atoms with Crippen LogP contribution >= 0.6 is 0 Å². The second-order valence-electron chi connectivity index (χ2n) is 6.26. The van der Waals surface area contributed by atoms with Crippen LogP contribution in [0.3, 0.4) is 0 Å². The summed E-state index contributed by atoms with van der Waals surface area (Å²) in [4.78, 5) is 4.84. The van der Waals surface area contributed by atoms with Gasteiger partial charge in [0.25, 0.3) is 0 Å². The van der Waals surface area contributed by atoms with Crippen molar-refractivity contribution in [1.82, 2.24) is 9.55 Å². The predicted octanol–water partition coefficient (Wildman–Crippen LogP) is 3.51. The van der Waals surface area contributed by atoms with E-state index < -0.39 is 0 Å². The molecule has 0 bridgehead atoms. The number of hydrogen-bond acceptors (Lipinski definition) is 2. The van der Waals surface area contributed by atoms with Gasteiger partial charge in [0.2, 0.25) is 0 Å². The van der Waals surface area contributed by atoms with Crippen LogP contribution in [0.5, 0.6) is 0 Å². The van der Waals surface area contributed by atoms with E-state index in [-0.39, 0.29) is 6.04 Å². The Morgan fingerprint density at radius 3 is 2.65 bits per heavy atom. The van der Waals surface area contributed by atoms with Gasteiger partial charge in [0.1, 0.15) is 5.82 Å². The molecule has 0 saturated heterocycles. The van der Waals surface area contributed by atoms with E-state index in [1.807, 2.05) is 0 Å². The van der Waals surface area contributed by atoms with Gasteiger partial charge in [0, 0.05) is 17.8 Å². The maximum Gasteiger partial charge on any atom is 0.126 e.